The molecule has 2 heteroatoms. The Balaban J connectivity index is 1.37. The van der Waals surface area contributed by atoms with E-state index in [0.29, 0.717) is 0 Å². The largest absolute Gasteiger partial charge is 0.139 e. The molecule has 32 heavy (non-hydrogen) atoms. The summed E-state index contributed by atoms with van der Waals surface area (Å²) in [7, 11) is 0. The first-order valence-electron chi connectivity index (χ1n) is 12.5. The molecular formula is C30H36S2. The van der Waals surface area contributed by atoms with Gasteiger partial charge in [0.2, 0.25) is 0 Å². The summed E-state index contributed by atoms with van der Waals surface area (Å²) in [5.74, 6) is 0. The average Bonchev–Trinajstić information content (AvgIpc) is 3.39. The maximum Gasteiger partial charge on any atom is 0.0460 e. The van der Waals surface area contributed by atoms with Crippen LogP contribution >= 0.6 is 22.7 Å². The quantitative estimate of drug-likeness (QED) is 0.184. The van der Waals surface area contributed by atoms with Crippen LogP contribution in [0.5, 0.6) is 0 Å². The Hall–Kier alpha value is -1.90. The van der Waals surface area contributed by atoms with Crippen LogP contribution in [0.1, 0.15) is 75.7 Å². The highest BCUT2D eigenvalue weighted by Crippen LogP contribution is 2.39. The van der Waals surface area contributed by atoms with Crippen molar-refractivity contribution in [2.24, 2.45) is 0 Å². The van der Waals surface area contributed by atoms with E-state index in [1.807, 2.05) is 22.7 Å². The number of fused-ring (bicyclic) bond motifs is 1. The van der Waals surface area contributed by atoms with Gasteiger partial charge in [-0.25, -0.2) is 0 Å². The first-order valence-corrected chi connectivity index (χ1v) is 14.1. The van der Waals surface area contributed by atoms with Crippen molar-refractivity contribution in [2.45, 2.75) is 78.1 Å². The smallest absolute Gasteiger partial charge is 0.0460 e. The van der Waals surface area contributed by atoms with Crippen LogP contribution in [0.15, 0.2) is 60.7 Å². The Morgan fingerprint density at radius 3 is 1.78 bits per heavy atom. The number of hydrogen-bond donors (Lipinski definition) is 0. The van der Waals surface area contributed by atoms with E-state index in [9.17, 15) is 0 Å². The predicted octanol–water partition coefficient (Wildman–Crippen LogP) is 10.5. The van der Waals surface area contributed by atoms with Crippen LogP contribution in [-0.2, 0) is 12.8 Å². The van der Waals surface area contributed by atoms with Crippen LogP contribution in [-0.4, -0.2) is 0 Å². The first-order chi connectivity index (χ1) is 15.8. The van der Waals surface area contributed by atoms with E-state index >= 15 is 0 Å². The maximum absolute atomic E-state index is 2.42. The number of unbranched alkanes of at least 4 members (excludes halogenated alkanes) is 6. The molecule has 0 amide bonds. The van der Waals surface area contributed by atoms with Crippen molar-refractivity contribution in [2.75, 3.05) is 0 Å². The minimum atomic E-state index is 1.21. The van der Waals surface area contributed by atoms with Gasteiger partial charge in [-0.1, -0.05) is 101 Å². The van der Waals surface area contributed by atoms with Gasteiger partial charge in [-0.2, -0.15) is 0 Å². The minimum Gasteiger partial charge on any atom is -0.139 e. The molecule has 2 heterocycles. The molecule has 0 nitrogen and oxygen atoms in total. The van der Waals surface area contributed by atoms with Gasteiger partial charge in [0.15, 0.2) is 0 Å². The van der Waals surface area contributed by atoms with Gasteiger partial charge >= 0.3 is 0 Å². The number of thiophene rings is 2. The summed E-state index contributed by atoms with van der Waals surface area (Å²) in [4.78, 5) is 2.93. The maximum atomic E-state index is 2.42. The summed E-state index contributed by atoms with van der Waals surface area (Å²) >= 11 is 3.92. The van der Waals surface area contributed by atoms with E-state index in [1.165, 1.54) is 101 Å². The normalized spacial score (nSPS) is 11.4. The Bertz CT molecular complexity index is 1050. The molecule has 0 N–H and O–H groups in total. The van der Waals surface area contributed by atoms with Crippen molar-refractivity contribution in [3.05, 3.63) is 71.1 Å². The second kappa shape index (κ2) is 11.8. The lowest BCUT2D eigenvalue weighted by molar-refractivity contribution is 0.632. The van der Waals surface area contributed by atoms with Crippen LogP contribution in [0, 0.1) is 0 Å². The van der Waals surface area contributed by atoms with Gasteiger partial charge in [0.05, 0.1) is 0 Å². The van der Waals surface area contributed by atoms with E-state index in [2.05, 4.69) is 74.5 Å². The summed E-state index contributed by atoms with van der Waals surface area (Å²) in [6.07, 6.45) is 13.1. The van der Waals surface area contributed by atoms with E-state index in [-0.39, 0.29) is 0 Å². The molecule has 0 spiro atoms. The van der Waals surface area contributed by atoms with Gasteiger partial charge in [0, 0.05) is 19.2 Å². The van der Waals surface area contributed by atoms with Gasteiger partial charge in [-0.3, -0.25) is 0 Å². The fraction of sp³-hybridized carbons (Fsp3) is 0.400. The molecule has 4 rings (SSSR count). The highest BCUT2D eigenvalue weighted by molar-refractivity contribution is 7.29. The second-order valence-corrected chi connectivity index (χ2v) is 11.2. The van der Waals surface area contributed by atoms with Crippen molar-refractivity contribution in [1.82, 2.24) is 0 Å². The van der Waals surface area contributed by atoms with E-state index in [0.717, 1.165) is 0 Å². The molecule has 0 atom stereocenters. The number of rotatable bonds is 12. The molecule has 168 valence electrons. The lowest BCUT2D eigenvalue weighted by Crippen LogP contribution is -1.87. The lowest BCUT2D eigenvalue weighted by atomic mass is 10.00. The zero-order valence-electron chi connectivity index (χ0n) is 19.7. The first kappa shape index (κ1) is 23.3. The minimum absolute atomic E-state index is 1.21. The third kappa shape index (κ3) is 6.11. The van der Waals surface area contributed by atoms with Crippen LogP contribution in [0.2, 0.25) is 0 Å². The molecule has 0 aliphatic carbocycles. The SMILES string of the molecule is CCCCCCCc1ccc(-c2ccc(-c3cc4sc(CCCCC)cc4s3)cc2)cc1. The summed E-state index contributed by atoms with van der Waals surface area (Å²) in [6.45, 7) is 4.55. The van der Waals surface area contributed by atoms with Crippen molar-refractivity contribution in [1.29, 1.82) is 0 Å². The average molecular weight is 461 g/mol. The molecule has 0 aliphatic heterocycles. The zero-order chi connectivity index (χ0) is 22.2. The highest BCUT2D eigenvalue weighted by Gasteiger charge is 2.09. The topological polar surface area (TPSA) is 0 Å². The monoisotopic (exact) mass is 460 g/mol. The summed E-state index contributed by atoms with van der Waals surface area (Å²) in [5.41, 5.74) is 5.42. The van der Waals surface area contributed by atoms with Crippen molar-refractivity contribution in [3.63, 3.8) is 0 Å². The molecule has 4 aromatic rings. The molecule has 0 saturated heterocycles. The molecule has 0 aliphatic rings. The Morgan fingerprint density at radius 2 is 1.09 bits per heavy atom. The van der Waals surface area contributed by atoms with Crippen LogP contribution in [0.3, 0.4) is 0 Å². The summed E-state index contributed by atoms with van der Waals surface area (Å²) < 4.78 is 2.90. The highest BCUT2D eigenvalue weighted by atomic mass is 32.1. The fourth-order valence-electron chi connectivity index (χ4n) is 4.32. The van der Waals surface area contributed by atoms with Gasteiger partial charge in [0.1, 0.15) is 0 Å². The van der Waals surface area contributed by atoms with Crippen LogP contribution in [0.25, 0.3) is 31.0 Å². The van der Waals surface area contributed by atoms with Crippen LogP contribution < -0.4 is 0 Å². The fourth-order valence-corrected chi connectivity index (χ4v) is 6.79. The third-order valence-electron chi connectivity index (χ3n) is 6.31. The van der Waals surface area contributed by atoms with Crippen molar-refractivity contribution in [3.8, 4) is 21.6 Å². The Kier molecular flexibility index (Phi) is 8.59. The van der Waals surface area contributed by atoms with Gasteiger partial charge < -0.3 is 0 Å². The molecule has 0 saturated carbocycles. The Labute approximate surface area is 202 Å². The standard InChI is InChI=1S/C30H36S2/c1-3-5-7-8-10-11-23-13-15-24(16-14-23)25-17-19-26(20-18-25)28-22-30-29(32-28)21-27(31-30)12-9-6-4-2/h13-22H,3-12H2,1-2H3. The number of benzene rings is 2. The summed E-state index contributed by atoms with van der Waals surface area (Å²) in [5, 5.41) is 0. The third-order valence-corrected chi connectivity index (χ3v) is 8.71. The zero-order valence-corrected chi connectivity index (χ0v) is 21.3. The van der Waals surface area contributed by atoms with E-state index in [1.54, 1.807) is 4.88 Å². The lowest BCUT2D eigenvalue weighted by Gasteiger charge is -2.06. The van der Waals surface area contributed by atoms with Gasteiger partial charge in [-0.05, 0) is 60.1 Å². The predicted molar refractivity (Wildman–Crippen MR) is 146 cm³/mol. The molecule has 2 aromatic carbocycles. The van der Waals surface area contributed by atoms with E-state index < -0.39 is 0 Å². The molecule has 0 bridgehead atoms. The van der Waals surface area contributed by atoms with Gasteiger partial charge in [-0.15, -0.1) is 22.7 Å². The number of aryl methyl sites for hydroxylation is 2. The van der Waals surface area contributed by atoms with Crippen molar-refractivity contribution < 1.29 is 0 Å². The Morgan fingerprint density at radius 1 is 0.531 bits per heavy atom. The molecule has 0 radical (unpaired) electrons. The van der Waals surface area contributed by atoms with Gasteiger partial charge in [0.25, 0.3) is 0 Å². The van der Waals surface area contributed by atoms with Crippen molar-refractivity contribution >= 4 is 32.1 Å². The molecule has 0 fully saturated rings. The summed E-state index contributed by atoms with van der Waals surface area (Å²) in [6, 6.07) is 23.1. The number of hydrogen-bond acceptors (Lipinski definition) is 2. The molecule has 2 aromatic heterocycles. The van der Waals surface area contributed by atoms with E-state index in [4.69, 9.17) is 0 Å². The second-order valence-electron chi connectivity index (χ2n) is 8.95. The van der Waals surface area contributed by atoms with Crippen LogP contribution in [0.4, 0.5) is 0 Å². The molecular weight excluding hydrogens is 424 g/mol. The molecule has 0 unspecified atom stereocenters.